The molecule has 2 amide bonds. The van der Waals surface area contributed by atoms with Gasteiger partial charge in [0.05, 0.1) is 13.0 Å². The van der Waals surface area contributed by atoms with Crippen molar-refractivity contribution in [1.82, 2.24) is 10.6 Å². The minimum Gasteiger partial charge on any atom is -0.508 e. The van der Waals surface area contributed by atoms with Gasteiger partial charge in [0.2, 0.25) is 11.8 Å². The lowest BCUT2D eigenvalue weighted by Crippen LogP contribution is -2.46. The van der Waals surface area contributed by atoms with Gasteiger partial charge in [-0.2, -0.15) is 0 Å². The van der Waals surface area contributed by atoms with Gasteiger partial charge in [0.1, 0.15) is 11.8 Å². The van der Waals surface area contributed by atoms with Crippen LogP contribution in [0.3, 0.4) is 0 Å². The first-order chi connectivity index (χ1) is 10.8. The molecular weight excluding hydrogens is 300 g/mol. The van der Waals surface area contributed by atoms with Crippen molar-refractivity contribution in [1.29, 1.82) is 0 Å². The number of hydrogen-bond acceptors (Lipinski definition) is 4. The van der Waals surface area contributed by atoms with Gasteiger partial charge < -0.3 is 20.8 Å². The van der Waals surface area contributed by atoms with Crippen LogP contribution in [0.1, 0.15) is 25.8 Å². The van der Waals surface area contributed by atoms with E-state index in [-0.39, 0.29) is 30.5 Å². The Morgan fingerprint density at radius 2 is 1.70 bits per heavy atom. The lowest BCUT2D eigenvalue weighted by atomic mass is 10.0. The van der Waals surface area contributed by atoms with Gasteiger partial charge in [-0.15, -0.1) is 0 Å². The highest BCUT2D eigenvalue weighted by Gasteiger charge is 2.21. The molecule has 0 saturated carbocycles. The number of amides is 2. The number of nitrogens with one attached hydrogen (secondary N) is 2. The fraction of sp³-hybridized carbons (Fsp3) is 0.438. The van der Waals surface area contributed by atoms with E-state index < -0.39 is 17.9 Å². The number of aliphatic carboxylic acids is 1. The molecule has 0 radical (unpaired) electrons. The second kappa shape index (κ2) is 8.77. The molecule has 0 unspecified atom stereocenters. The highest BCUT2D eigenvalue weighted by atomic mass is 16.4. The second-order valence-electron chi connectivity index (χ2n) is 5.71. The van der Waals surface area contributed by atoms with Crippen LogP contribution in [0.2, 0.25) is 0 Å². The second-order valence-corrected chi connectivity index (χ2v) is 5.71. The molecule has 0 aliphatic rings. The lowest BCUT2D eigenvalue weighted by molar-refractivity contribution is -0.142. The number of phenolic OH excluding ortho intramolecular Hbond substituents is 1. The number of rotatable bonds is 8. The van der Waals surface area contributed by atoms with Crippen molar-refractivity contribution < 1.29 is 24.6 Å². The third-order valence-electron chi connectivity index (χ3n) is 3.09. The van der Waals surface area contributed by atoms with Crippen LogP contribution in [0, 0.1) is 5.92 Å². The molecule has 0 aromatic heterocycles. The summed E-state index contributed by atoms with van der Waals surface area (Å²) in [5.41, 5.74) is 0.698. The number of aromatic hydroxyl groups is 1. The minimum absolute atomic E-state index is 0.0713. The fourth-order valence-corrected chi connectivity index (χ4v) is 1.98. The quantitative estimate of drug-likeness (QED) is 0.561. The first-order valence-corrected chi connectivity index (χ1v) is 7.34. The van der Waals surface area contributed by atoms with Crippen LogP contribution in [0.25, 0.3) is 0 Å². The standard InChI is InChI=1S/C16H22N2O5/c1-10(2)7-13(16(22)23)18-15(21)9-17-14(20)8-11-3-5-12(19)6-4-11/h3-6,10,13,19H,7-9H2,1-2H3,(H,17,20)(H,18,21)(H,22,23)/t13-/m0/s1. The fourth-order valence-electron chi connectivity index (χ4n) is 1.98. The van der Waals surface area contributed by atoms with Crippen LogP contribution in [0.5, 0.6) is 5.75 Å². The van der Waals surface area contributed by atoms with Gasteiger partial charge in [-0.3, -0.25) is 9.59 Å². The molecule has 126 valence electrons. The van der Waals surface area contributed by atoms with Crippen LogP contribution in [0.15, 0.2) is 24.3 Å². The number of carbonyl (C=O) groups excluding carboxylic acids is 2. The van der Waals surface area contributed by atoms with E-state index in [1.54, 1.807) is 12.1 Å². The Balaban J connectivity index is 2.40. The molecule has 0 aliphatic heterocycles. The summed E-state index contributed by atoms with van der Waals surface area (Å²) in [6, 6.07) is 5.20. The molecule has 7 nitrogen and oxygen atoms in total. The van der Waals surface area contributed by atoms with E-state index in [2.05, 4.69) is 10.6 Å². The summed E-state index contributed by atoms with van der Waals surface area (Å²) < 4.78 is 0. The third kappa shape index (κ3) is 7.30. The summed E-state index contributed by atoms with van der Waals surface area (Å²) in [7, 11) is 0. The van der Waals surface area contributed by atoms with Crippen molar-refractivity contribution >= 4 is 17.8 Å². The molecule has 23 heavy (non-hydrogen) atoms. The maximum absolute atomic E-state index is 11.7. The predicted octanol–water partition coefficient (Wildman–Crippen LogP) is 0.666. The van der Waals surface area contributed by atoms with Crippen LogP contribution < -0.4 is 10.6 Å². The lowest BCUT2D eigenvalue weighted by Gasteiger charge is -2.16. The number of carboxylic acids is 1. The Hall–Kier alpha value is -2.57. The first kappa shape index (κ1) is 18.5. The summed E-state index contributed by atoms with van der Waals surface area (Å²) in [5.74, 6) is -1.76. The average Bonchev–Trinajstić information content (AvgIpc) is 2.46. The van der Waals surface area contributed by atoms with Gasteiger partial charge in [0, 0.05) is 0 Å². The molecule has 7 heteroatoms. The smallest absolute Gasteiger partial charge is 0.326 e. The van der Waals surface area contributed by atoms with Crippen molar-refractivity contribution in [2.75, 3.05) is 6.54 Å². The van der Waals surface area contributed by atoms with Gasteiger partial charge >= 0.3 is 5.97 Å². The zero-order chi connectivity index (χ0) is 17.4. The van der Waals surface area contributed by atoms with E-state index in [9.17, 15) is 14.4 Å². The largest absolute Gasteiger partial charge is 0.508 e. The van der Waals surface area contributed by atoms with Crippen LogP contribution in [-0.2, 0) is 20.8 Å². The van der Waals surface area contributed by atoms with Crippen molar-refractivity contribution in [2.24, 2.45) is 5.92 Å². The molecule has 1 aromatic carbocycles. The molecule has 1 atom stereocenters. The first-order valence-electron chi connectivity index (χ1n) is 7.34. The molecule has 0 aliphatic carbocycles. The number of carboxylic acid groups (broad SMARTS) is 1. The van der Waals surface area contributed by atoms with Crippen molar-refractivity contribution in [3.63, 3.8) is 0 Å². The van der Waals surface area contributed by atoms with Crippen molar-refractivity contribution in [3.05, 3.63) is 29.8 Å². The van der Waals surface area contributed by atoms with Gasteiger partial charge in [0.25, 0.3) is 0 Å². The monoisotopic (exact) mass is 322 g/mol. The molecule has 1 rings (SSSR count). The van der Waals surface area contributed by atoms with Crippen molar-refractivity contribution in [2.45, 2.75) is 32.7 Å². The van der Waals surface area contributed by atoms with E-state index in [1.165, 1.54) is 12.1 Å². The van der Waals surface area contributed by atoms with Gasteiger partial charge in [-0.25, -0.2) is 4.79 Å². The topological polar surface area (TPSA) is 116 Å². The van der Waals surface area contributed by atoms with Crippen LogP contribution >= 0.6 is 0 Å². The van der Waals surface area contributed by atoms with Gasteiger partial charge in [-0.05, 0) is 30.0 Å². The van der Waals surface area contributed by atoms with E-state index in [1.807, 2.05) is 13.8 Å². The SMILES string of the molecule is CC(C)C[C@H](NC(=O)CNC(=O)Cc1ccc(O)cc1)C(=O)O. The number of carbonyl (C=O) groups is 3. The van der Waals surface area contributed by atoms with E-state index in [4.69, 9.17) is 10.2 Å². The van der Waals surface area contributed by atoms with Crippen molar-refractivity contribution in [3.8, 4) is 5.75 Å². The molecule has 0 heterocycles. The van der Waals surface area contributed by atoms with Gasteiger partial charge in [-0.1, -0.05) is 26.0 Å². The summed E-state index contributed by atoms with van der Waals surface area (Å²) in [4.78, 5) is 34.5. The molecule has 4 N–H and O–H groups in total. The molecule has 0 saturated heterocycles. The normalized spacial score (nSPS) is 11.8. The van der Waals surface area contributed by atoms with E-state index >= 15 is 0 Å². The molecular formula is C16H22N2O5. The molecule has 0 spiro atoms. The predicted molar refractivity (Wildman–Crippen MR) is 83.8 cm³/mol. The molecule has 1 aromatic rings. The summed E-state index contributed by atoms with van der Waals surface area (Å²) in [6.07, 6.45) is 0.393. The summed E-state index contributed by atoms with van der Waals surface area (Å²) >= 11 is 0. The summed E-state index contributed by atoms with van der Waals surface area (Å²) in [6.45, 7) is 3.45. The van der Waals surface area contributed by atoms with E-state index in [0.717, 1.165) is 0 Å². The number of benzene rings is 1. The number of phenols is 1. The zero-order valence-electron chi connectivity index (χ0n) is 13.2. The Kier molecular flexibility index (Phi) is 7.05. The van der Waals surface area contributed by atoms with Crippen LogP contribution in [0.4, 0.5) is 0 Å². The Morgan fingerprint density at radius 1 is 1.09 bits per heavy atom. The summed E-state index contributed by atoms with van der Waals surface area (Å²) in [5, 5.41) is 23.0. The molecule has 0 fully saturated rings. The Morgan fingerprint density at radius 3 is 2.22 bits per heavy atom. The maximum Gasteiger partial charge on any atom is 0.326 e. The van der Waals surface area contributed by atoms with Gasteiger partial charge in [0.15, 0.2) is 0 Å². The highest BCUT2D eigenvalue weighted by molar-refractivity contribution is 5.88. The zero-order valence-corrected chi connectivity index (χ0v) is 13.2. The molecule has 0 bridgehead atoms. The Bertz CT molecular complexity index is 554. The van der Waals surface area contributed by atoms with E-state index in [0.29, 0.717) is 12.0 Å². The number of hydrogen-bond donors (Lipinski definition) is 4. The van der Waals surface area contributed by atoms with Crippen LogP contribution in [-0.4, -0.2) is 40.6 Å². The maximum atomic E-state index is 11.7. The average molecular weight is 322 g/mol. The Labute approximate surface area is 134 Å². The highest BCUT2D eigenvalue weighted by Crippen LogP contribution is 2.09. The third-order valence-corrected chi connectivity index (χ3v) is 3.09. The minimum atomic E-state index is -1.09.